The molecule has 2 unspecified atom stereocenters. The molecule has 118 valence electrons. The van der Waals surface area contributed by atoms with Crippen LogP contribution in [0.2, 0.25) is 0 Å². The third kappa shape index (κ3) is 3.46. The molecule has 0 saturated carbocycles. The molecule has 2 saturated heterocycles. The summed E-state index contributed by atoms with van der Waals surface area (Å²) in [7, 11) is 2.31. The summed E-state index contributed by atoms with van der Waals surface area (Å²) in [6.45, 7) is 6.24. The predicted octanol–water partition coefficient (Wildman–Crippen LogP) is 2.04. The molecule has 0 aromatic carbocycles. The van der Waals surface area contributed by atoms with Crippen LogP contribution in [0.4, 0.5) is 0 Å². The van der Waals surface area contributed by atoms with Crippen molar-refractivity contribution in [1.82, 2.24) is 25.0 Å². The summed E-state index contributed by atoms with van der Waals surface area (Å²) in [5.74, 6) is 1.68. The van der Waals surface area contributed by atoms with Crippen LogP contribution in [0, 0.1) is 5.92 Å². The summed E-state index contributed by atoms with van der Waals surface area (Å²) in [5.41, 5.74) is 0. The highest BCUT2D eigenvalue weighted by molar-refractivity contribution is 4.94. The number of rotatable bonds is 5. The van der Waals surface area contributed by atoms with E-state index in [1.165, 1.54) is 32.1 Å². The van der Waals surface area contributed by atoms with Gasteiger partial charge in [-0.05, 0) is 38.6 Å². The van der Waals surface area contributed by atoms with Gasteiger partial charge in [0.2, 0.25) is 0 Å². The monoisotopic (exact) mass is 291 g/mol. The van der Waals surface area contributed by atoms with Gasteiger partial charge in [0, 0.05) is 24.7 Å². The van der Waals surface area contributed by atoms with Crippen molar-refractivity contribution >= 4 is 0 Å². The van der Waals surface area contributed by atoms with Crippen molar-refractivity contribution in [3.05, 3.63) is 12.2 Å². The minimum Gasteiger partial charge on any atom is -0.307 e. The summed E-state index contributed by atoms with van der Waals surface area (Å²) in [6, 6.07) is 2.20. The fourth-order valence-corrected chi connectivity index (χ4v) is 3.94. The first-order chi connectivity index (χ1) is 10.1. The van der Waals surface area contributed by atoms with Crippen LogP contribution in [0.1, 0.15) is 51.8 Å². The Bertz CT molecular complexity index is 441. The Morgan fingerprint density at radius 3 is 2.67 bits per heavy atom. The zero-order valence-corrected chi connectivity index (χ0v) is 13.6. The predicted molar refractivity (Wildman–Crippen MR) is 83.9 cm³/mol. The molecule has 5 heteroatoms. The molecule has 2 atom stereocenters. The van der Waals surface area contributed by atoms with E-state index >= 15 is 0 Å². The van der Waals surface area contributed by atoms with E-state index in [2.05, 4.69) is 41.2 Å². The number of fused-ring (bicyclic) bond motifs is 2. The minimum absolute atomic E-state index is 0.605. The van der Waals surface area contributed by atoms with Crippen molar-refractivity contribution < 1.29 is 0 Å². The first kappa shape index (κ1) is 15.0. The van der Waals surface area contributed by atoms with Crippen LogP contribution in [-0.4, -0.2) is 44.8 Å². The number of nitrogens with zero attached hydrogens (tertiary/aromatic N) is 4. The SMILES string of the molecule is CC(C)Cn1ncnc1CNC1CC2CCCC(C1)N2C. The molecule has 0 radical (unpaired) electrons. The largest absolute Gasteiger partial charge is 0.307 e. The van der Waals surface area contributed by atoms with E-state index in [9.17, 15) is 0 Å². The van der Waals surface area contributed by atoms with Crippen LogP contribution >= 0.6 is 0 Å². The van der Waals surface area contributed by atoms with Crippen LogP contribution in [0.5, 0.6) is 0 Å². The maximum atomic E-state index is 4.42. The average molecular weight is 291 g/mol. The fraction of sp³-hybridized carbons (Fsp3) is 0.875. The highest BCUT2D eigenvalue weighted by Gasteiger charge is 2.35. The quantitative estimate of drug-likeness (QED) is 0.902. The van der Waals surface area contributed by atoms with E-state index < -0.39 is 0 Å². The van der Waals surface area contributed by atoms with Gasteiger partial charge in [0.05, 0.1) is 6.54 Å². The van der Waals surface area contributed by atoms with Crippen LogP contribution in [0.25, 0.3) is 0 Å². The number of nitrogens with one attached hydrogen (secondary N) is 1. The summed E-state index contributed by atoms with van der Waals surface area (Å²) in [4.78, 5) is 7.03. The van der Waals surface area contributed by atoms with Gasteiger partial charge in [-0.3, -0.25) is 0 Å². The van der Waals surface area contributed by atoms with Gasteiger partial charge < -0.3 is 10.2 Å². The molecule has 2 fully saturated rings. The number of piperidine rings is 2. The van der Waals surface area contributed by atoms with Crippen molar-refractivity contribution in [1.29, 1.82) is 0 Å². The number of hydrogen-bond acceptors (Lipinski definition) is 4. The maximum absolute atomic E-state index is 4.42. The van der Waals surface area contributed by atoms with Crippen molar-refractivity contribution in [3.63, 3.8) is 0 Å². The molecule has 5 nitrogen and oxygen atoms in total. The summed E-state index contributed by atoms with van der Waals surface area (Å²) in [6.07, 6.45) is 8.40. The van der Waals surface area contributed by atoms with E-state index in [4.69, 9.17) is 0 Å². The summed E-state index contributed by atoms with van der Waals surface area (Å²) < 4.78 is 2.05. The first-order valence-corrected chi connectivity index (χ1v) is 8.45. The highest BCUT2D eigenvalue weighted by atomic mass is 15.3. The Morgan fingerprint density at radius 2 is 2.00 bits per heavy atom. The molecular formula is C16H29N5. The molecule has 1 aromatic rings. The highest BCUT2D eigenvalue weighted by Crippen LogP contribution is 2.32. The Morgan fingerprint density at radius 1 is 1.29 bits per heavy atom. The van der Waals surface area contributed by atoms with Crippen LogP contribution < -0.4 is 5.32 Å². The fourth-order valence-electron chi connectivity index (χ4n) is 3.94. The molecule has 3 rings (SSSR count). The van der Waals surface area contributed by atoms with Crippen molar-refractivity contribution in [2.24, 2.45) is 5.92 Å². The molecule has 21 heavy (non-hydrogen) atoms. The van der Waals surface area contributed by atoms with Gasteiger partial charge in [0.25, 0.3) is 0 Å². The third-order valence-corrected chi connectivity index (χ3v) is 5.12. The molecule has 2 aliphatic rings. The van der Waals surface area contributed by atoms with Gasteiger partial charge in [0.1, 0.15) is 12.2 Å². The van der Waals surface area contributed by atoms with Gasteiger partial charge in [-0.25, -0.2) is 9.67 Å². The lowest BCUT2D eigenvalue weighted by Crippen LogP contribution is -2.54. The van der Waals surface area contributed by atoms with Crippen molar-refractivity contribution in [2.75, 3.05) is 7.05 Å². The molecule has 2 aliphatic heterocycles. The second-order valence-corrected chi connectivity index (χ2v) is 7.21. The molecule has 1 N–H and O–H groups in total. The van der Waals surface area contributed by atoms with Gasteiger partial charge in [-0.1, -0.05) is 20.3 Å². The van der Waals surface area contributed by atoms with Crippen LogP contribution in [-0.2, 0) is 13.1 Å². The number of hydrogen-bond donors (Lipinski definition) is 1. The Labute approximate surface area is 128 Å². The molecular weight excluding hydrogens is 262 g/mol. The first-order valence-electron chi connectivity index (χ1n) is 8.45. The van der Waals surface area contributed by atoms with E-state index in [1.54, 1.807) is 6.33 Å². The Kier molecular flexibility index (Phi) is 4.60. The smallest absolute Gasteiger partial charge is 0.140 e. The lowest BCUT2D eigenvalue weighted by molar-refractivity contribution is 0.0480. The average Bonchev–Trinajstić information content (AvgIpc) is 2.83. The minimum atomic E-state index is 0.605. The van der Waals surface area contributed by atoms with E-state index in [0.717, 1.165) is 31.0 Å². The molecule has 0 amide bonds. The van der Waals surface area contributed by atoms with Crippen molar-refractivity contribution in [2.45, 2.75) is 77.2 Å². The lowest BCUT2D eigenvalue weighted by Gasteiger charge is -2.47. The van der Waals surface area contributed by atoms with Gasteiger partial charge in [-0.15, -0.1) is 0 Å². The molecule has 0 spiro atoms. The zero-order chi connectivity index (χ0) is 14.8. The lowest BCUT2D eigenvalue weighted by atomic mass is 9.82. The van der Waals surface area contributed by atoms with E-state index in [1.807, 2.05) is 4.68 Å². The molecule has 2 bridgehead atoms. The van der Waals surface area contributed by atoms with Gasteiger partial charge in [-0.2, -0.15) is 5.10 Å². The Hall–Kier alpha value is -0.940. The Balaban J connectivity index is 1.55. The topological polar surface area (TPSA) is 46.0 Å². The zero-order valence-electron chi connectivity index (χ0n) is 13.6. The van der Waals surface area contributed by atoms with Crippen molar-refractivity contribution in [3.8, 4) is 0 Å². The second-order valence-electron chi connectivity index (χ2n) is 7.21. The van der Waals surface area contributed by atoms with E-state index in [-0.39, 0.29) is 0 Å². The van der Waals surface area contributed by atoms with Crippen LogP contribution in [0.3, 0.4) is 0 Å². The summed E-state index contributed by atoms with van der Waals surface area (Å²) >= 11 is 0. The standard InChI is InChI=1S/C16H29N5/c1-12(2)10-21-16(18-11-19-21)9-17-13-7-14-5-4-6-15(8-13)20(14)3/h11-15,17H,4-10H2,1-3H3. The molecule has 0 aliphatic carbocycles. The number of aromatic nitrogens is 3. The van der Waals surface area contributed by atoms with Gasteiger partial charge >= 0.3 is 0 Å². The second kappa shape index (κ2) is 6.44. The van der Waals surface area contributed by atoms with Crippen LogP contribution in [0.15, 0.2) is 6.33 Å². The normalized spacial score (nSPS) is 30.0. The summed E-state index contributed by atoms with van der Waals surface area (Å²) in [5, 5.41) is 8.08. The third-order valence-electron chi connectivity index (χ3n) is 5.12. The molecule has 3 heterocycles. The van der Waals surface area contributed by atoms with Gasteiger partial charge in [0.15, 0.2) is 0 Å². The molecule has 1 aromatic heterocycles. The maximum Gasteiger partial charge on any atom is 0.140 e. The van der Waals surface area contributed by atoms with E-state index in [0.29, 0.717) is 12.0 Å².